The van der Waals surface area contributed by atoms with Gasteiger partial charge >= 0.3 is 0 Å². The van der Waals surface area contributed by atoms with Gasteiger partial charge in [0.05, 0.1) is 0 Å². The number of aliphatic imine (C=N–C) groups is 1. The third-order valence-corrected chi connectivity index (χ3v) is 3.36. The van der Waals surface area contributed by atoms with Gasteiger partial charge in [0.2, 0.25) is 0 Å². The average Bonchev–Trinajstić information content (AvgIpc) is 2.39. The van der Waals surface area contributed by atoms with Crippen molar-refractivity contribution < 1.29 is 0 Å². The SMILES string of the molecule is C1=CN=C(N2CCc3ccccc3C2)CC1. The highest BCUT2D eigenvalue weighted by molar-refractivity contribution is 5.83. The van der Waals surface area contributed by atoms with Gasteiger partial charge in [-0.2, -0.15) is 0 Å². The second kappa shape index (κ2) is 4.12. The summed E-state index contributed by atoms with van der Waals surface area (Å²) in [6, 6.07) is 8.75. The fourth-order valence-electron chi connectivity index (χ4n) is 2.45. The molecule has 0 saturated carbocycles. The number of amidine groups is 1. The molecule has 0 bridgehead atoms. The van der Waals surface area contributed by atoms with E-state index in [9.17, 15) is 0 Å². The summed E-state index contributed by atoms with van der Waals surface area (Å²) in [6.45, 7) is 2.15. The lowest BCUT2D eigenvalue weighted by molar-refractivity contribution is 0.385. The maximum Gasteiger partial charge on any atom is 0.105 e. The monoisotopic (exact) mass is 212 g/mol. The molecule has 3 rings (SSSR count). The van der Waals surface area contributed by atoms with E-state index in [2.05, 4.69) is 40.2 Å². The van der Waals surface area contributed by atoms with E-state index in [0.29, 0.717) is 0 Å². The van der Waals surface area contributed by atoms with Crippen LogP contribution in [0.3, 0.4) is 0 Å². The molecule has 0 N–H and O–H groups in total. The molecule has 1 aromatic rings. The van der Waals surface area contributed by atoms with Crippen LogP contribution in [-0.4, -0.2) is 17.3 Å². The molecule has 2 heteroatoms. The highest BCUT2D eigenvalue weighted by atomic mass is 15.2. The fourth-order valence-corrected chi connectivity index (χ4v) is 2.45. The molecule has 16 heavy (non-hydrogen) atoms. The molecular formula is C14H16N2. The van der Waals surface area contributed by atoms with E-state index in [-0.39, 0.29) is 0 Å². The first-order valence-electron chi connectivity index (χ1n) is 5.97. The van der Waals surface area contributed by atoms with Gasteiger partial charge in [0.1, 0.15) is 5.84 Å². The first kappa shape index (κ1) is 9.64. The molecular weight excluding hydrogens is 196 g/mol. The quantitative estimate of drug-likeness (QED) is 0.645. The Morgan fingerprint density at radius 1 is 1.06 bits per heavy atom. The highest BCUT2D eigenvalue weighted by Crippen LogP contribution is 2.20. The smallest absolute Gasteiger partial charge is 0.105 e. The van der Waals surface area contributed by atoms with Gasteiger partial charge in [-0.3, -0.25) is 0 Å². The molecule has 0 fully saturated rings. The van der Waals surface area contributed by atoms with Gasteiger partial charge in [-0.1, -0.05) is 30.3 Å². The maximum atomic E-state index is 4.49. The van der Waals surface area contributed by atoms with E-state index in [0.717, 1.165) is 32.4 Å². The summed E-state index contributed by atoms with van der Waals surface area (Å²) < 4.78 is 0. The Morgan fingerprint density at radius 2 is 1.94 bits per heavy atom. The summed E-state index contributed by atoms with van der Waals surface area (Å²) in [5.41, 5.74) is 2.97. The highest BCUT2D eigenvalue weighted by Gasteiger charge is 2.18. The van der Waals surface area contributed by atoms with Gasteiger partial charge in [-0.25, -0.2) is 4.99 Å². The Morgan fingerprint density at radius 3 is 2.75 bits per heavy atom. The van der Waals surface area contributed by atoms with Gasteiger partial charge in [0, 0.05) is 25.7 Å². The minimum absolute atomic E-state index is 1.03. The predicted molar refractivity (Wildman–Crippen MR) is 66.4 cm³/mol. The van der Waals surface area contributed by atoms with Crippen molar-refractivity contribution in [3.05, 3.63) is 47.7 Å². The molecule has 0 saturated heterocycles. The molecule has 0 radical (unpaired) electrons. The predicted octanol–water partition coefficient (Wildman–Crippen LogP) is 2.75. The zero-order chi connectivity index (χ0) is 10.8. The molecule has 82 valence electrons. The Hall–Kier alpha value is -1.57. The lowest BCUT2D eigenvalue weighted by atomic mass is 9.99. The minimum atomic E-state index is 1.03. The van der Waals surface area contributed by atoms with E-state index < -0.39 is 0 Å². The number of hydrogen-bond acceptors (Lipinski definition) is 2. The van der Waals surface area contributed by atoms with E-state index in [1.165, 1.54) is 17.0 Å². The third kappa shape index (κ3) is 1.75. The van der Waals surface area contributed by atoms with Crippen LogP contribution in [0.5, 0.6) is 0 Å². The van der Waals surface area contributed by atoms with E-state index in [1.54, 1.807) is 0 Å². The minimum Gasteiger partial charge on any atom is -0.355 e. The molecule has 0 amide bonds. The summed E-state index contributed by atoms with van der Waals surface area (Å²) in [5.74, 6) is 1.26. The number of rotatable bonds is 0. The Bertz CT molecular complexity index is 446. The van der Waals surface area contributed by atoms with Crippen LogP contribution in [0.1, 0.15) is 24.0 Å². The molecule has 0 aliphatic carbocycles. The summed E-state index contributed by atoms with van der Waals surface area (Å²) in [4.78, 5) is 6.91. The van der Waals surface area contributed by atoms with Gasteiger partial charge in [0.15, 0.2) is 0 Å². The summed E-state index contributed by atoms with van der Waals surface area (Å²) in [5, 5.41) is 0. The van der Waals surface area contributed by atoms with Gasteiger partial charge in [-0.15, -0.1) is 0 Å². The lowest BCUT2D eigenvalue weighted by Gasteiger charge is -2.32. The van der Waals surface area contributed by atoms with Crippen LogP contribution in [0.15, 0.2) is 41.5 Å². The Balaban J connectivity index is 1.82. The molecule has 2 aliphatic rings. The van der Waals surface area contributed by atoms with E-state index >= 15 is 0 Å². The zero-order valence-electron chi connectivity index (χ0n) is 9.39. The van der Waals surface area contributed by atoms with Gasteiger partial charge < -0.3 is 4.90 Å². The number of allylic oxidation sites excluding steroid dienone is 1. The maximum absolute atomic E-state index is 4.49. The van der Waals surface area contributed by atoms with Crippen LogP contribution >= 0.6 is 0 Å². The topological polar surface area (TPSA) is 15.6 Å². The van der Waals surface area contributed by atoms with Crippen molar-refractivity contribution >= 4 is 5.84 Å². The molecule has 0 unspecified atom stereocenters. The van der Waals surface area contributed by atoms with E-state index in [4.69, 9.17) is 0 Å². The van der Waals surface area contributed by atoms with Crippen molar-refractivity contribution in [2.24, 2.45) is 4.99 Å². The van der Waals surface area contributed by atoms with Crippen molar-refractivity contribution in [2.75, 3.05) is 6.54 Å². The van der Waals surface area contributed by atoms with Crippen LogP contribution in [0.2, 0.25) is 0 Å². The zero-order valence-corrected chi connectivity index (χ0v) is 9.39. The molecule has 2 aliphatic heterocycles. The molecule has 1 aromatic carbocycles. The Kier molecular flexibility index (Phi) is 2.49. The van der Waals surface area contributed by atoms with Crippen LogP contribution in [0.4, 0.5) is 0 Å². The molecule has 0 atom stereocenters. The second-order valence-electron chi connectivity index (χ2n) is 4.41. The molecule has 0 aromatic heterocycles. The number of nitrogens with zero attached hydrogens (tertiary/aromatic N) is 2. The third-order valence-electron chi connectivity index (χ3n) is 3.36. The number of benzene rings is 1. The average molecular weight is 212 g/mol. The largest absolute Gasteiger partial charge is 0.355 e. The van der Waals surface area contributed by atoms with Crippen LogP contribution < -0.4 is 0 Å². The molecule has 0 spiro atoms. The summed E-state index contributed by atoms with van der Waals surface area (Å²) in [6.07, 6.45) is 7.47. The standard InChI is InChI=1S/C14H16N2/c1-2-6-13-11-16(10-8-12(13)5-1)14-7-3-4-9-15-14/h1-2,4-6,9H,3,7-8,10-11H2. The van der Waals surface area contributed by atoms with Crippen molar-refractivity contribution in [1.29, 1.82) is 0 Å². The summed E-state index contributed by atoms with van der Waals surface area (Å²) >= 11 is 0. The molecule has 2 nitrogen and oxygen atoms in total. The van der Waals surface area contributed by atoms with Crippen molar-refractivity contribution in [2.45, 2.75) is 25.8 Å². The summed E-state index contributed by atoms with van der Waals surface area (Å²) in [7, 11) is 0. The van der Waals surface area contributed by atoms with Gasteiger partial charge in [0.25, 0.3) is 0 Å². The fraction of sp³-hybridized carbons (Fsp3) is 0.357. The Labute approximate surface area is 96.3 Å². The van der Waals surface area contributed by atoms with Crippen LogP contribution in [0, 0.1) is 0 Å². The second-order valence-corrected chi connectivity index (χ2v) is 4.41. The van der Waals surface area contributed by atoms with E-state index in [1.807, 2.05) is 6.20 Å². The normalized spacial score (nSPS) is 19.2. The molecule has 2 heterocycles. The van der Waals surface area contributed by atoms with Gasteiger partial charge in [-0.05, 0) is 24.0 Å². The number of hydrogen-bond donors (Lipinski definition) is 0. The first-order valence-corrected chi connectivity index (χ1v) is 5.97. The lowest BCUT2D eigenvalue weighted by Crippen LogP contribution is -2.36. The van der Waals surface area contributed by atoms with Crippen molar-refractivity contribution in [3.8, 4) is 0 Å². The van der Waals surface area contributed by atoms with Crippen molar-refractivity contribution in [1.82, 2.24) is 4.90 Å². The number of fused-ring (bicyclic) bond motifs is 1. The van der Waals surface area contributed by atoms with Crippen molar-refractivity contribution in [3.63, 3.8) is 0 Å². The van der Waals surface area contributed by atoms with Crippen LogP contribution in [0.25, 0.3) is 0 Å². The first-order chi connectivity index (χ1) is 7.93. The van der Waals surface area contributed by atoms with Crippen LogP contribution in [-0.2, 0) is 13.0 Å².